The number of hydroxylamine groups is 2. The Balaban J connectivity index is 1.70. The smallest absolute Gasteiger partial charge is 0.257 e. The van der Waals surface area contributed by atoms with Gasteiger partial charge >= 0.3 is 0 Å². The van der Waals surface area contributed by atoms with Crippen LogP contribution in [0.5, 0.6) is 0 Å². The van der Waals surface area contributed by atoms with Gasteiger partial charge in [0.25, 0.3) is 11.8 Å². The molecule has 3 fully saturated rings. The lowest BCUT2D eigenvalue weighted by molar-refractivity contribution is -0.174. The lowest BCUT2D eigenvalue weighted by atomic mass is 9.73. The number of nitrogens with zero attached hydrogens (tertiary/aromatic N) is 1. The molecule has 4 heteroatoms. The molecule has 98 valence electrons. The fourth-order valence-electron chi connectivity index (χ4n) is 4.53. The second-order valence-corrected chi connectivity index (χ2v) is 5.95. The number of benzene rings is 1. The predicted molar refractivity (Wildman–Crippen MR) is 66.0 cm³/mol. The first-order chi connectivity index (χ1) is 9.18. The van der Waals surface area contributed by atoms with Gasteiger partial charge in [-0.2, -0.15) is 5.06 Å². The summed E-state index contributed by atoms with van der Waals surface area (Å²) in [6.45, 7) is 0. The number of hydrogen-bond acceptors (Lipinski definition) is 3. The van der Waals surface area contributed by atoms with Gasteiger partial charge in [0.15, 0.2) is 0 Å². The minimum atomic E-state index is -0.386. The molecule has 1 heterocycles. The summed E-state index contributed by atoms with van der Waals surface area (Å²) in [6.07, 6.45) is 1.91. The molecule has 2 saturated carbocycles. The van der Waals surface area contributed by atoms with Crippen LogP contribution in [0, 0.1) is 23.7 Å². The second kappa shape index (κ2) is 3.67. The van der Waals surface area contributed by atoms with E-state index in [-0.39, 0.29) is 35.5 Å². The van der Waals surface area contributed by atoms with Crippen LogP contribution in [-0.4, -0.2) is 22.1 Å². The molecule has 1 saturated heterocycles. The molecule has 2 unspecified atom stereocenters. The van der Waals surface area contributed by atoms with Gasteiger partial charge in [0, 0.05) is 0 Å². The Bertz CT molecular complexity index is 556. The Morgan fingerprint density at radius 2 is 1.68 bits per heavy atom. The molecule has 2 aliphatic carbocycles. The first-order valence-electron chi connectivity index (χ1n) is 6.80. The predicted octanol–water partition coefficient (Wildman–Crippen LogP) is 1.80. The van der Waals surface area contributed by atoms with Crippen molar-refractivity contribution in [2.75, 3.05) is 0 Å². The maximum atomic E-state index is 12.0. The van der Waals surface area contributed by atoms with E-state index in [0.717, 1.165) is 12.8 Å². The molecule has 2 amide bonds. The van der Waals surface area contributed by atoms with E-state index in [4.69, 9.17) is 0 Å². The minimum absolute atomic E-state index is 0.214. The monoisotopic (exact) mass is 257 g/mol. The summed E-state index contributed by atoms with van der Waals surface area (Å²) in [5.74, 6) is -0.489. The summed E-state index contributed by atoms with van der Waals surface area (Å²) in [7, 11) is 0. The van der Waals surface area contributed by atoms with Crippen molar-refractivity contribution in [2.24, 2.45) is 23.7 Å². The lowest BCUT2D eigenvalue weighted by Gasteiger charge is -2.28. The Morgan fingerprint density at radius 3 is 2.42 bits per heavy atom. The van der Waals surface area contributed by atoms with Crippen LogP contribution in [0.4, 0.5) is 0 Å². The highest BCUT2D eigenvalue weighted by molar-refractivity contribution is 6.04. The zero-order valence-electron chi connectivity index (χ0n) is 10.4. The maximum Gasteiger partial charge on any atom is 0.257 e. The lowest BCUT2D eigenvalue weighted by Crippen LogP contribution is -2.30. The van der Waals surface area contributed by atoms with E-state index >= 15 is 0 Å². The summed E-state index contributed by atoms with van der Waals surface area (Å²) < 4.78 is 0. The summed E-state index contributed by atoms with van der Waals surface area (Å²) in [5.41, 5.74) is 1.25. The number of hydrogen-bond donors (Lipinski definition) is 1. The number of carbonyl (C=O) groups is 2. The Kier molecular flexibility index (Phi) is 2.16. The summed E-state index contributed by atoms with van der Waals surface area (Å²) >= 11 is 0. The van der Waals surface area contributed by atoms with E-state index in [2.05, 4.69) is 12.1 Å². The Labute approximate surface area is 111 Å². The highest BCUT2D eigenvalue weighted by Gasteiger charge is 2.63. The van der Waals surface area contributed by atoms with Crippen LogP contribution < -0.4 is 0 Å². The van der Waals surface area contributed by atoms with Crippen molar-refractivity contribution in [2.45, 2.75) is 18.8 Å². The van der Waals surface area contributed by atoms with Gasteiger partial charge in [0.1, 0.15) is 0 Å². The van der Waals surface area contributed by atoms with Gasteiger partial charge in [-0.1, -0.05) is 30.3 Å². The summed E-state index contributed by atoms with van der Waals surface area (Å²) in [6, 6.07) is 10.2. The molecule has 2 bridgehead atoms. The molecule has 1 N–H and O–H groups in total. The van der Waals surface area contributed by atoms with Crippen molar-refractivity contribution in [3.8, 4) is 0 Å². The number of amides is 2. The zero-order valence-corrected chi connectivity index (χ0v) is 10.4. The number of fused-ring (bicyclic) bond motifs is 5. The molecule has 19 heavy (non-hydrogen) atoms. The molecule has 1 aromatic carbocycles. The number of imide groups is 1. The van der Waals surface area contributed by atoms with Crippen molar-refractivity contribution < 1.29 is 14.8 Å². The molecule has 4 nitrogen and oxygen atoms in total. The highest BCUT2D eigenvalue weighted by Crippen LogP contribution is 2.61. The third kappa shape index (κ3) is 1.32. The molecule has 0 radical (unpaired) electrons. The van der Waals surface area contributed by atoms with Gasteiger partial charge in [-0.05, 0) is 36.2 Å². The molecule has 0 aromatic heterocycles. The Morgan fingerprint density at radius 1 is 1.00 bits per heavy atom. The first-order valence-corrected chi connectivity index (χ1v) is 6.80. The average Bonchev–Trinajstić information content (AvgIpc) is 3.08. The third-order valence-electron chi connectivity index (χ3n) is 5.22. The summed E-state index contributed by atoms with van der Waals surface area (Å²) in [5, 5.41) is 9.89. The van der Waals surface area contributed by atoms with Crippen LogP contribution >= 0.6 is 0 Å². The fourth-order valence-corrected chi connectivity index (χ4v) is 4.53. The molecule has 5 atom stereocenters. The number of rotatable bonds is 1. The average molecular weight is 257 g/mol. The van der Waals surface area contributed by atoms with Crippen molar-refractivity contribution in [3.63, 3.8) is 0 Å². The van der Waals surface area contributed by atoms with Gasteiger partial charge in [-0.25, -0.2) is 0 Å². The van der Waals surface area contributed by atoms with Gasteiger partial charge in [0.05, 0.1) is 11.8 Å². The second-order valence-electron chi connectivity index (χ2n) is 5.95. The van der Waals surface area contributed by atoms with Crippen molar-refractivity contribution >= 4 is 11.8 Å². The molecule has 4 rings (SSSR count). The van der Waals surface area contributed by atoms with Crippen LogP contribution in [0.3, 0.4) is 0 Å². The van der Waals surface area contributed by atoms with Crippen molar-refractivity contribution in [1.29, 1.82) is 0 Å². The largest absolute Gasteiger partial charge is 0.278 e. The van der Waals surface area contributed by atoms with E-state index in [1.54, 1.807) is 0 Å². The molecular weight excluding hydrogens is 242 g/mol. The minimum Gasteiger partial charge on any atom is -0.278 e. The molecular formula is C15H15NO3. The van der Waals surface area contributed by atoms with Crippen LogP contribution in [0.15, 0.2) is 30.3 Å². The standard InChI is InChI=1S/C15H15NO3/c17-14-12-9-6-10(8-4-2-1-3-5-8)11(7-9)13(12)15(18)16(14)19/h1-5,9-13,19H,6-7H2/t9?,10-,11?,12-,13+/m0/s1. The first kappa shape index (κ1) is 11.2. The zero-order chi connectivity index (χ0) is 13.1. The molecule has 0 spiro atoms. The van der Waals surface area contributed by atoms with Crippen LogP contribution in [0.1, 0.15) is 24.3 Å². The normalized spacial score (nSPS) is 40.1. The van der Waals surface area contributed by atoms with Crippen LogP contribution in [0.25, 0.3) is 0 Å². The topological polar surface area (TPSA) is 57.6 Å². The molecule has 3 aliphatic rings. The molecule has 1 aliphatic heterocycles. The fraction of sp³-hybridized carbons (Fsp3) is 0.467. The van der Waals surface area contributed by atoms with Gasteiger partial charge in [-0.15, -0.1) is 0 Å². The van der Waals surface area contributed by atoms with E-state index < -0.39 is 0 Å². The van der Waals surface area contributed by atoms with E-state index in [1.807, 2.05) is 18.2 Å². The summed E-state index contributed by atoms with van der Waals surface area (Å²) in [4.78, 5) is 23.9. The Hall–Kier alpha value is -1.68. The maximum absolute atomic E-state index is 12.0. The van der Waals surface area contributed by atoms with Gasteiger partial charge in [0.2, 0.25) is 0 Å². The van der Waals surface area contributed by atoms with E-state index in [1.165, 1.54) is 5.56 Å². The third-order valence-corrected chi connectivity index (χ3v) is 5.22. The van der Waals surface area contributed by atoms with Crippen LogP contribution in [-0.2, 0) is 9.59 Å². The van der Waals surface area contributed by atoms with E-state index in [0.29, 0.717) is 11.0 Å². The van der Waals surface area contributed by atoms with Crippen molar-refractivity contribution in [1.82, 2.24) is 5.06 Å². The number of carbonyl (C=O) groups excluding carboxylic acids is 2. The quantitative estimate of drug-likeness (QED) is 0.616. The molecule has 1 aromatic rings. The van der Waals surface area contributed by atoms with E-state index in [9.17, 15) is 14.8 Å². The van der Waals surface area contributed by atoms with Crippen molar-refractivity contribution in [3.05, 3.63) is 35.9 Å². The SMILES string of the molecule is O=C1[C@@H]2C3CC(C[C@H]3c3ccccc3)[C@@H]2C(=O)N1O. The van der Waals surface area contributed by atoms with Gasteiger partial charge in [-0.3, -0.25) is 14.8 Å². The van der Waals surface area contributed by atoms with Crippen LogP contribution in [0.2, 0.25) is 0 Å². The highest BCUT2D eigenvalue weighted by atomic mass is 16.5. The van der Waals surface area contributed by atoms with Gasteiger partial charge < -0.3 is 0 Å².